The van der Waals surface area contributed by atoms with Gasteiger partial charge in [-0.15, -0.1) is 6.58 Å². The maximum Gasteiger partial charge on any atom is 0.305 e. The summed E-state index contributed by atoms with van der Waals surface area (Å²) in [5.41, 5.74) is 0. The van der Waals surface area contributed by atoms with Gasteiger partial charge in [-0.2, -0.15) is 0 Å². The molecule has 3 nitrogen and oxygen atoms in total. The SMILES string of the molecule is C=CC(CC(=O)O)N(CC)[Si](C)(C)C. The van der Waals surface area contributed by atoms with Gasteiger partial charge >= 0.3 is 5.97 Å². The summed E-state index contributed by atoms with van der Waals surface area (Å²) < 4.78 is 2.27. The fraction of sp³-hybridized carbons (Fsp3) is 0.700. The largest absolute Gasteiger partial charge is 0.481 e. The second-order valence-corrected chi connectivity index (χ2v) is 9.27. The summed E-state index contributed by atoms with van der Waals surface area (Å²) in [5, 5.41) is 8.77. The van der Waals surface area contributed by atoms with Crippen LogP contribution in [0, 0.1) is 0 Å². The number of rotatable bonds is 6. The zero-order chi connectivity index (χ0) is 11.4. The molecule has 1 atom stereocenters. The molecule has 0 aliphatic rings. The molecule has 0 radical (unpaired) electrons. The van der Waals surface area contributed by atoms with E-state index in [9.17, 15) is 4.79 Å². The quantitative estimate of drug-likeness (QED) is 0.545. The fourth-order valence-electron chi connectivity index (χ4n) is 1.71. The fourth-order valence-corrected chi connectivity index (χ4v) is 3.85. The molecular weight excluding hydrogens is 194 g/mol. The van der Waals surface area contributed by atoms with E-state index in [1.165, 1.54) is 0 Å². The molecule has 0 amide bonds. The maximum atomic E-state index is 10.7. The Balaban J connectivity index is 4.61. The third-order valence-electron chi connectivity index (χ3n) is 2.26. The Kier molecular flexibility index (Phi) is 5.08. The Morgan fingerprint density at radius 2 is 2.07 bits per heavy atom. The Bertz CT molecular complexity index is 211. The first kappa shape index (κ1) is 13.4. The Labute approximate surface area is 87.5 Å². The molecule has 82 valence electrons. The highest BCUT2D eigenvalue weighted by atomic mass is 28.3. The van der Waals surface area contributed by atoms with Crippen LogP contribution in [0.5, 0.6) is 0 Å². The monoisotopic (exact) mass is 215 g/mol. The van der Waals surface area contributed by atoms with Crippen LogP contribution in [-0.2, 0) is 4.79 Å². The van der Waals surface area contributed by atoms with Gasteiger partial charge in [0.15, 0.2) is 0 Å². The first-order valence-electron chi connectivity index (χ1n) is 4.94. The highest BCUT2D eigenvalue weighted by Crippen LogP contribution is 2.16. The van der Waals surface area contributed by atoms with E-state index < -0.39 is 14.2 Å². The number of carboxylic acid groups (broad SMARTS) is 1. The van der Waals surface area contributed by atoms with Crippen molar-refractivity contribution in [3.8, 4) is 0 Å². The van der Waals surface area contributed by atoms with Gasteiger partial charge in [0.25, 0.3) is 0 Å². The first-order valence-corrected chi connectivity index (χ1v) is 8.38. The van der Waals surface area contributed by atoms with Crippen molar-refractivity contribution in [3.63, 3.8) is 0 Å². The molecule has 0 heterocycles. The van der Waals surface area contributed by atoms with E-state index in [2.05, 4.69) is 37.7 Å². The Morgan fingerprint density at radius 1 is 1.57 bits per heavy atom. The van der Waals surface area contributed by atoms with Crippen molar-refractivity contribution in [3.05, 3.63) is 12.7 Å². The molecular formula is C10H21NO2Si. The summed E-state index contributed by atoms with van der Waals surface area (Å²) in [6.07, 6.45) is 1.90. The van der Waals surface area contributed by atoms with Crippen LogP contribution >= 0.6 is 0 Å². The second kappa shape index (κ2) is 5.31. The van der Waals surface area contributed by atoms with Crippen LogP contribution in [0.1, 0.15) is 13.3 Å². The third-order valence-corrected chi connectivity index (χ3v) is 4.63. The lowest BCUT2D eigenvalue weighted by molar-refractivity contribution is -0.137. The normalized spacial score (nSPS) is 14.1. The standard InChI is InChI=1S/C10H21NO2Si/c1-6-9(8-10(12)13)11(7-2)14(3,4)5/h6,9H,1,7-8H2,2-5H3,(H,12,13). The average molecular weight is 215 g/mol. The van der Waals surface area contributed by atoms with Gasteiger partial charge in [0.2, 0.25) is 0 Å². The van der Waals surface area contributed by atoms with Crippen LogP contribution in [0.25, 0.3) is 0 Å². The minimum absolute atomic E-state index is 0.0239. The number of carboxylic acids is 1. The topological polar surface area (TPSA) is 40.5 Å². The summed E-state index contributed by atoms with van der Waals surface area (Å²) in [7, 11) is -1.44. The van der Waals surface area contributed by atoms with E-state index in [-0.39, 0.29) is 12.5 Å². The molecule has 0 rings (SSSR count). The van der Waals surface area contributed by atoms with E-state index >= 15 is 0 Å². The Morgan fingerprint density at radius 3 is 2.29 bits per heavy atom. The van der Waals surface area contributed by atoms with Gasteiger partial charge in [-0.3, -0.25) is 4.79 Å². The van der Waals surface area contributed by atoms with Crippen molar-refractivity contribution in [2.45, 2.75) is 39.0 Å². The molecule has 14 heavy (non-hydrogen) atoms. The van der Waals surface area contributed by atoms with Crippen LogP contribution < -0.4 is 0 Å². The van der Waals surface area contributed by atoms with E-state index in [0.717, 1.165) is 6.54 Å². The highest BCUT2D eigenvalue weighted by molar-refractivity contribution is 6.73. The van der Waals surface area contributed by atoms with Gasteiger partial charge < -0.3 is 9.67 Å². The predicted molar refractivity (Wildman–Crippen MR) is 62.0 cm³/mol. The van der Waals surface area contributed by atoms with Crippen LogP contribution in [0.15, 0.2) is 12.7 Å². The van der Waals surface area contributed by atoms with E-state index in [0.29, 0.717) is 0 Å². The zero-order valence-corrected chi connectivity index (χ0v) is 10.6. The van der Waals surface area contributed by atoms with Gasteiger partial charge in [0.1, 0.15) is 8.24 Å². The predicted octanol–water partition coefficient (Wildman–Crippen LogP) is 2.17. The number of hydrogen-bond acceptors (Lipinski definition) is 2. The van der Waals surface area contributed by atoms with Crippen LogP contribution in [-0.4, -0.2) is 36.5 Å². The van der Waals surface area contributed by atoms with Crippen molar-refractivity contribution in [2.24, 2.45) is 0 Å². The van der Waals surface area contributed by atoms with Crippen molar-refractivity contribution in [1.29, 1.82) is 0 Å². The van der Waals surface area contributed by atoms with E-state index in [1.807, 2.05) is 0 Å². The molecule has 0 aromatic heterocycles. The summed E-state index contributed by atoms with van der Waals surface area (Å²) in [6, 6.07) is -0.0239. The second-order valence-electron chi connectivity index (χ2n) is 4.36. The molecule has 0 saturated carbocycles. The van der Waals surface area contributed by atoms with Crippen LogP contribution in [0.2, 0.25) is 19.6 Å². The summed E-state index contributed by atoms with van der Waals surface area (Å²) in [6.45, 7) is 13.3. The smallest absolute Gasteiger partial charge is 0.305 e. The lowest BCUT2D eigenvalue weighted by Gasteiger charge is -2.38. The van der Waals surface area contributed by atoms with Gasteiger partial charge in [-0.05, 0) is 6.54 Å². The van der Waals surface area contributed by atoms with E-state index in [4.69, 9.17) is 5.11 Å². The molecule has 4 heteroatoms. The first-order chi connectivity index (χ1) is 6.32. The van der Waals surface area contributed by atoms with Crippen molar-refractivity contribution >= 4 is 14.2 Å². The van der Waals surface area contributed by atoms with Crippen LogP contribution in [0.4, 0.5) is 0 Å². The third kappa shape index (κ3) is 4.06. The molecule has 0 aromatic carbocycles. The molecule has 1 unspecified atom stereocenters. The lowest BCUT2D eigenvalue weighted by Crippen LogP contribution is -2.51. The molecule has 0 fully saturated rings. The summed E-state index contributed by atoms with van der Waals surface area (Å²) in [5.74, 6) is -0.758. The molecule has 0 aliphatic carbocycles. The number of nitrogens with zero attached hydrogens (tertiary/aromatic N) is 1. The van der Waals surface area contributed by atoms with Crippen molar-refractivity contribution < 1.29 is 9.90 Å². The molecule has 0 saturated heterocycles. The minimum Gasteiger partial charge on any atom is -0.481 e. The highest BCUT2D eigenvalue weighted by Gasteiger charge is 2.28. The van der Waals surface area contributed by atoms with Gasteiger partial charge in [-0.25, -0.2) is 0 Å². The van der Waals surface area contributed by atoms with Gasteiger partial charge in [-0.1, -0.05) is 32.6 Å². The Hall–Kier alpha value is -0.613. The minimum atomic E-state index is -1.44. The maximum absolute atomic E-state index is 10.7. The van der Waals surface area contributed by atoms with Crippen LogP contribution in [0.3, 0.4) is 0 Å². The molecule has 0 aromatic rings. The van der Waals surface area contributed by atoms with E-state index in [1.54, 1.807) is 6.08 Å². The molecule has 0 aliphatic heterocycles. The molecule has 0 bridgehead atoms. The zero-order valence-electron chi connectivity index (χ0n) is 9.58. The summed E-state index contributed by atoms with van der Waals surface area (Å²) in [4.78, 5) is 10.7. The van der Waals surface area contributed by atoms with Crippen molar-refractivity contribution in [2.75, 3.05) is 6.54 Å². The lowest BCUT2D eigenvalue weighted by atomic mass is 10.2. The molecule has 1 N–H and O–H groups in total. The summed E-state index contributed by atoms with van der Waals surface area (Å²) >= 11 is 0. The number of likely N-dealkylation sites (N-methyl/N-ethyl adjacent to an activating group) is 1. The molecule has 0 spiro atoms. The number of hydrogen-bond donors (Lipinski definition) is 1. The average Bonchev–Trinajstić information content (AvgIpc) is 2.00. The number of aliphatic carboxylic acids is 1. The van der Waals surface area contributed by atoms with Gasteiger partial charge in [0.05, 0.1) is 6.42 Å². The number of carbonyl (C=O) groups is 1. The van der Waals surface area contributed by atoms with Crippen molar-refractivity contribution in [1.82, 2.24) is 4.57 Å². The van der Waals surface area contributed by atoms with Gasteiger partial charge in [0, 0.05) is 6.04 Å².